The van der Waals surface area contributed by atoms with E-state index in [2.05, 4.69) is 17.8 Å². The Morgan fingerprint density at radius 2 is 1.52 bits per heavy atom. The zero-order valence-electron chi connectivity index (χ0n) is 28.9. The highest BCUT2D eigenvalue weighted by Gasteiger charge is 2.43. The van der Waals surface area contributed by atoms with Crippen LogP contribution in [0.2, 0.25) is 0 Å². The molecule has 0 spiro atoms. The number of nitriles is 1. The Labute approximate surface area is 285 Å². The molecular weight excluding hydrogens is 606 g/mol. The summed E-state index contributed by atoms with van der Waals surface area (Å²) in [6.07, 6.45) is 1.44. The Morgan fingerprint density at radius 3 is 2.10 bits per heavy atom. The lowest BCUT2D eigenvalue weighted by molar-refractivity contribution is -0.165. The third-order valence-electron chi connectivity index (χ3n) is 7.99. The first-order chi connectivity index (χ1) is 23.1. The molecular formula is C39H49N3O6. The SMILES string of the molecule is C=Nc1ccc(N(C)CCOC(=O)C(C)CC(COCCOc2ccc(-c3ccc(C#N)cc3)cc2)(CC(C)C)C(=O)OCCC)cc1. The summed E-state index contributed by atoms with van der Waals surface area (Å²) >= 11 is 0. The zero-order valence-corrected chi connectivity index (χ0v) is 28.9. The Kier molecular flexibility index (Phi) is 15.1. The van der Waals surface area contributed by atoms with Crippen LogP contribution in [0.25, 0.3) is 11.1 Å². The van der Waals surface area contributed by atoms with Gasteiger partial charge < -0.3 is 23.8 Å². The summed E-state index contributed by atoms with van der Waals surface area (Å²) < 4.78 is 23.3. The average molecular weight is 656 g/mol. The first kappa shape index (κ1) is 37.8. The molecule has 0 fully saturated rings. The third-order valence-corrected chi connectivity index (χ3v) is 7.99. The summed E-state index contributed by atoms with van der Waals surface area (Å²) in [5.41, 5.74) is 3.40. The Morgan fingerprint density at radius 1 is 0.875 bits per heavy atom. The molecule has 256 valence electrons. The second kappa shape index (κ2) is 19.2. The Balaban J connectivity index is 1.57. The summed E-state index contributed by atoms with van der Waals surface area (Å²) in [6, 6.07) is 24.9. The van der Waals surface area contributed by atoms with Crippen molar-refractivity contribution in [3.63, 3.8) is 0 Å². The van der Waals surface area contributed by atoms with Crippen molar-refractivity contribution in [2.45, 2.75) is 47.0 Å². The van der Waals surface area contributed by atoms with Gasteiger partial charge in [-0.15, -0.1) is 0 Å². The molecule has 0 aliphatic rings. The fraction of sp³-hybridized carbons (Fsp3) is 0.436. The van der Waals surface area contributed by atoms with Gasteiger partial charge in [0.15, 0.2) is 0 Å². The van der Waals surface area contributed by atoms with Crippen LogP contribution in [0, 0.1) is 28.6 Å². The van der Waals surface area contributed by atoms with Crippen LogP contribution in [0.4, 0.5) is 11.4 Å². The van der Waals surface area contributed by atoms with Crippen molar-refractivity contribution in [1.82, 2.24) is 0 Å². The summed E-state index contributed by atoms with van der Waals surface area (Å²) in [7, 11) is 1.93. The quantitative estimate of drug-likeness (QED) is 0.0694. The van der Waals surface area contributed by atoms with E-state index >= 15 is 0 Å². The van der Waals surface area contributed by atoms with Crippen LogP contribution in [0.15, 0.2) is 77.8 Å². The van der Waals surface area contributed by atoms with E-state index in [4.69, 9.17) is 24.2 Å². The van der Waals surface area contributed by atoms with Crippen LogP contribution in [0.1, 0.15) is 52.5 Å². The number of hydrogen-bond donors (Lipinski definition) is 0. The maximum atomic E-state index is 13.6. The molecule has 0 bridgehead atoms. The van der Waals surface area contributed by atoms with Crippen molar-refractivity contribution >= 4 is 30.0 Å². The van der Waals surface area contributed by atoms with E-state index in [1.807, 2.05) is 93.4 Å². The van der Waals surface area contributed by atoms with E-state index < -0.39 is 11.3 Å². The summed E-state index contributed by atoms with van der Waals surface area (Å²) in [4.78, 5) is 32.6. The predicted octanol–water partition coefficient (Wildman–Crippen LogP) is 7.64. The summed E-state index contributed by atoms with van der Waals surface area (Å²) in [6.45, 7) is 13.0. The molecule has 0 radical (unpaired) electrons. The van der Waals surface area contributed by atoms with Gasteiger partial charge in [0, 0.05) is 12.7 Å². The van der Waals surface area contributed by atoms with Crippen LogP contribution >= 0.6 is 0 Å². The van der Waals surface area contributed by atoms with Crippen molar-refractivity contribution in [3.8, 4) is 22.9 Å². The zero-order chi connectivity index (χ0) is 34.9. The fourth-order valence-electron chi connectivity index (χ4n) is 5.56. The number of carbonyl (C=O) groups excluding carboxylic acids is 2. The Bertz CT molecular complexity index is 1480. The maximum Gasteiger partial charge on any atom is 0.314 e. The molecule has 3 rings (SSSR count). The maximum absolute atomic E-state index is 13.6. The molecule has 48 heavy (non-hydrogen) atoms. The van der Waals surface area contributed by atoms with Crippen LogP contribution < -0.4 is 9.64 Å². The van der Waals surface area contributed by atoms with E-state index in [-0.39, 0.29) is 50.7 Å². The molecule has 3 aromatic carbocycles. The number of likely N-dealkylation sites (N-methyl/N-ethyl adjacent to an activating group) is 1. The molecule has 2 unspecified atom stereocenters. The minimum Gasteiger partial charge on any atom is -0.491 e. The van der Waals surface area contributed by atoms with Crippen LogP contribution in [0.3, 0.4) is 0 Å². The van der Waals surface area contributed by atoms with Crippen LogP contribution in [0.5, 0.6) is 5.75 Å². The van der Waals surface area contributed by atoms with Gasteiger partial charge in [-0.3, -0.25) is 14.6 Å². The molecule has 0 saturated heterocycles. The molecule has 3 aromatic rings. The largest absolute Gasteiger partial charge is 0.491 e. The van der Waals surface area contributed by atoms with Gasteiger partial charge in [-0.25, -0.2) is 0 Å². The lowest BCUT2D eigenvalue weighted by Gasteiger charge is -2.34. The predicted molar refractivity (Wildman–Crippen MR) is 190 cm³/mol. The Hall–Kier alpha value is -4.68. The topological polar surface area (TPSA) is 110 Å². The summed E-state index contributed by atoms with van der Waals surface area (Å²) in [5, 5.41) is 9.02. The van der Waals surface area contributed by atoms with Gasteiger partial charge >= 0.3 is 11.9 Å². The molecule has 0 saturated carbocycles. The first-order valence-electron chi connectivity index (χ1n) is 16.5. The molecule has 0 N–H and O–H groups in total. The number of esters is 2. The number of nitrogens with zero attached hydrogens (tertiary/aromatic N) is 3. The van der Waals surface area contributed by atoms with Gasteiger partial charge in [0.1, 0.15) is 19.0 Å². The number of anilines is 1. The van der Waals surface area contributed by atoms with Crippen LogP contribution in [-0.2, 0) is 23.8 Å². The monoisotopic (exact) mass is 655 g/mol. The van der Waals surface area contributed by atoms with Crippen molar-refractivity contribution < 1.29 is 28.5 Å². The third kappa shape index (κ3) is 11.5. The van der Waals surface area contributed by atoms with Crippen LogP contribution in [-0.4, -0.2) is 65.3 Å². The van der Waals surface area contributed by atoms with Gasteiger partial charge in [-0.05, 0) is 91.6 Å². The standard InChI is InChI=1S/C39H49N3O6/c1-7-21-48-38(44)39(25-29(2)3,26-30(4)37(43)47-22-20-42(6)35-16-14-34(41-5)15-17-35)28-45-23-24-46-36-18-12-33(13-19-36)32-10-8-31(27-40)9-11-32/h8-19,29-30H,5,7,20-26,28H2,1-4,6H3. The number of hydrogen-bond acceptors (Lipinski definition) is 9. The molecule has 0 aliphatic heterocycles. The van der Waals surface area contributed by atoms with Crippen molar-refractivity contribution in [1.29, 1.82) is 5.26 Å². The van der Waals surface area contributed by atoms with Gasteiger partial charge in [-0.2, -0.15) is 5.26 Å². The molecule has 0 aromatic heterocycles. The second-order valence-corrected chi connectivity index (χ2v) is 12.5. The minimum atomic E-state index is -1.01. The highest BCUT2D eigenvalue weighted by atomic mass is 16.5. The van der Waals surface area contributed by atoms with E-state index in [0.717, 1.165) is 22.5 Å². The first-order valence-corrected chi connectivity index (χ1v) is 16.5. The summed E-state index contributed by atoms with van der Waals surface area (Å²) in [5.74, 6) is -0.406. The van der Waals surface area contributed by atoms with E-state index in [0.29, 0.717) is 37.3 Å². The van der Waals surface area contributed by atoms with Gasteiger partial charge in [0.05, 0.1) is 55.0 Å². The smallest absolute Gasteiger partial charge is 0.314 e. The van der Waals surface area contributed by atoms with E-state index in [1.165, 1.54) is 0 Å². The van der Waals surface area contributed by atoms with E-state index in [9.17, 15) is 9.59 Å². The molecule has 9 nitrogen and oxygen atoms in total. The number of ether oxygens (including phenoxy) is 4. The van der Waals surface area contributed by atoms with Crippen molar-refractivity contribution in [2.75, 3.05) is 51.5 Å². The van der Waals surface area contributed by atoms with Gasteiger partial charge in [0.2, 0.25) is 0 Å². The highest BCUT2D eigenvalue weighted by Crippen LogP contribution is 2.36. The number of carbonyl (C=O) groups is 2. The number of rotatable bonds is 20. The average Bonchev–Trinajstić information content (AvgIpc) is 3.10. The van der Waals surface area contributed by atoms with Gasteiger partial charge in [0.25, 0.3) is 0 Å². The fourth-order valence-corrected chi connectivity index (χ4v) is 5.56. The minimum absolute atomic E-state index is 0.102. The molecule has 2 atom stereocenters. The molecule has 9 heteroatoms. The molecule has 0 heterocycles. The van der Waals surface area contributed by atoms with Crippen molar-refractivity contribution in [3.05, 3.63) is 78.4 Å². The number of benzene rings is 3. The molecule has 0 aliphatic carbocycles. The normalized spacial score (nSPS) is 12.8. The lowest BCUT2D eigenvalue weighted by Crippen LogP contribution is -2.42. The second-order valence-electron chi connectivity index (χ2n) is 12.5. The lowest BCUT2D eigenvalue weighted by atomic mass is 9.74. The number of aliphatic imine (C=N–C) groups is 1. The highest BCUT2D eigenvalue weighted by molar-refractivity contribution is 5.79. The van der Waals surface area contributed by atoms with Crippen molar-refractivity contribution in [2.24, 2.45) is 22.2 Å². The van der Waals surface area contributed by atoms with E-state index in [1.54, 1.807) is 19.1 Å². The van der Waals surface area contributed by atoms with Gasteiger partial charge in [-0.1, -0.05) is 52.0 Å². The molecule has 0 amide bonds.